The van der Waals surface area contributed by atoms with Gasteiger partial charge in [-0.1, -0.05) is 0 Å². The number of pyridine rings is 1. The van der Waals surface area contributed by atoms with Gasteiger partial charge < -0.3 is 0 Å². The van der Waals surface area contributed by atoms with Crippen LogP contribution in [-0.4, -0.2) is 4.98 Å². The summed E-state index contributed by atoms with van der Waals surface area (Å²) in [6.07, 6.45) is 0.306. The molecule has 0 radical (unpaired) electrons. The molecule has 2 nitrogen and oxygen atoms in total. The summed E-state index contributed by atoms with van der Waals surface area (Å²) in [7, 11) is 0. The molecule has 2 rings (SSSR count). The maximum atomic E-state index is 13.2. The molecule has 0 saturated carbocycles. The lowest BCUT2D eigenvalue weighted by atomic mass is 10.0. The van der Waals surface area contributed by atoms with Gasteiger partial charge in [-0.05, 0) is 79.9 Å². The first-order valence-electron chi connectivity index (χ1n) is 5.62. The molecule has 1 atom stereocenters. The third-order valence-electron chi connectivity index (χ3n) is 2.66. The van der Waals surface area contributed by atoms with E-state index in [2.05, 4.69) is 41.7 Å². The number of aromatic nitrogens is 1. The molecule has 1 aromatic carbocycles. The Balaban J connectivity index is 2.31. The van der Waals surface area contributed by atoms with Crippen LogP contribution in [0.3, 0.4) is 0 Å². The van der Waals surface area contributed by atoms with Gasteiger partial charge in [0.2, 0.25) is 0 Å². The highest BCUT2D eigenvalue weighted by molar-refractivity contribution is 9.11. The van der Waals surface area contributed by atoms with Gasteiger partial charge in [-0.3, -0.25) is 0 Å². The van der Waals surface area contributed by atoms with Crippen LogP contribution in [0.25, 0.3) is 0 Å². The molecule has 1 aromatic heterocycles. The molecule has 1 heterocycles. The lowest BCUT2D eigenvalue weighted by Crippen LogP contribution is -2.17. The third kappa shape index (κ3) is 3.97. The number of benzene rings is 1. The van der Waals surface area contributed by atoms with Crippen LogP contribution in [0.2, 0.25) is 0 Å². The van der Waals surface area contributed by atoms with Crippen molar-refractivity contribution in [3.63, 3.8) is 0 Å². The van der Waals surface area contributed by atoms with Crippen molar-refractivity contribution < 1.29 is 8.78 Å². The second-order valence-electron chi connectivity index (χ2n) is 4.14. The quantitative estimate of drug-likeness (QED) is 0.555. The standard InChI is InChI=1S/C13H9Br2ClF2N2/c14-10-1-2-12(15)19-13(10)11(20-16)5-7-3-8(17)6-9(18)4-7/h1-4,6,11,20H,5H2/t11-/m0/s1. The van der Waals surface area contributed by atoms with Crippen LogP contribution in [0, 0.1) is 11.6 Å². The molecular formula is C13H9Br2ClF2N2. The van der Waals surface area contributed by atoms with Gasteiger partial charge in [0, 0.05) is 10.5 Å². The Morgan fingerprint density at radius 3 is 2.40 bits per heavy atom. The van der Waals surface area contributed by atoms with E-state index in [0.29, 0.717) is 22.3 Å². The van der Waals surface area contributed by atoms with Crippen molar-refractivity contribution in [1.82, 2.24) is 9.82 Å². The second-order valence-corrected chi connectivity index (χ2v) is 6.03. The van der Waals surface area contributed by atoms with Crippen molar-refractivity contribution in [1.29, 1.82) is 0 Å². The van der Waals surface area contributed by atoms with Crippen LogP contribution in [0.5, 0.6) is 0 Å². The minimum Gasteiger partial charge on any atom is -0.243 e. The molecule has 0 unspecified atom stereocenters. The normalized spacial score (nSPS) is 12.4. The summed E-state index contributed by atoms with van der Waals surface area (Å²) in [6, 6.07) is 6.59. The molecule has 7 heteroatoms. The van der Waals surface area contributed by atoms with E-state index in [1.54, 1.807) is 6.07 Å². The van der Waals surface area contributed by atoms with Gasteiger partial charge in [-0.25, -0.2) is 18.6 Å². The molecular weight excluding hydrogens is 417 g/mol. The van der Waals surface area contributed by atoms with E-state index in [-0.39, 0.29) is 6.04 Å². The van der Waals surface area contributed by atoms with Crippen LogP contribution in [0.1, 0.15) is 17.3 Å². The molecule has 0 fully saturated rings. The highest BCUT2D eigenvalue weighted by atomic mass is 79.9. The van der Waals surface area contributed by atoms with E-state index in [1.807, 2.05) is 6.07 Å². The van der Waals surface area contributed by atoms with Gasteiger partial charge in [0.1, 0.15) is 16.2 Å². The zero-order valence-electron chi connectivity index (χ0n) is 10.0. The minimum absolute atomic E-state index is 0.306. The van der Waals surface area contributed by atoms with Crippen molar-refractivity contribution in [2.24, 2.45) is 0 Å². The smallest absolute Gasteiger partial charge is 0.126 e. The van der Waals surface area contributed by atoms with Gasteiger partial charge in [0.15, 0.2) is 0 Å². The van der Waals surface area contributed by atoms with Crippen molar-refractivity contribution in [3.8, 4) is 0 Å². The number of rotatable bonds is 4. The Morgan fingerprint density at radius 2 is 1.80 bits per heavy atom. The van der Waals surface area contributed by atoms with Gasteiger partial charge >= 0.3 is 0 Å². The van der Waals surface area contributed by atoms with E-state index in [4.69, 9.17) is 11.8 Å². The molecule has 2 aromatic rings. The summed E-state index contributed by atoms with van der Waals surface area (Å²) in [6.45, 7) is 0. The summed E-state index contributed by atoms with van der Waals surface area (Å²) in [5, 5.41) is 0. The van der Waals surface area contributed by atoms with Crippen molar-refractivity contribution in [2.45, 2.75) is 12.5 Å². The number of hydrogen-bond donors (Lipinski definition) is 1. The lowest BCUT2D eigenvalue weighted by molar-refractivity contribution is 0.571. The van der Waals surface area contributed by atoms with Crippen LogP contribution in [0.4, 0.5) is 8.78 Å². The van der Waals surface area contributed by atoms with E-state index in [1.165, 1.54) is 12.1 Å². The van der Waals surface area contributed by atoms with Crippen LogP contribution in [0.15, 0.2) is 39.4 Å². The van der Waals surface area contributed by atoms with Gasteiger partial charge in [0.05, 0.1) is 11.7 Å². The van der Waals surface area contributed by atoms with Crippen molar-refractivity contribution in [3.05, 3.63) is 62.3 Å². The molecule has 20 heavy (non-hydrogen) atoms. The maximum Gasteiger partial charge on any atom is 0.126 e. The first-order valence-corrected chi connectivity index (χ1v) is 7.59. The average molecular weight is 426 g/mol. The number of halogens is 5. The summed E-state index contributed by atoms with van der Waals surface area (Å²) < 4.78 is 27.8. The Morgan fingerprint density at radius 1 is 1.15 bits per heavy atom. The predicted molar refractivity (Wildman–Crippen MR) is 81.4 cm³/mol. The zero-order chi connectivity index (χ0) is 14.7. The number of hydrogen-bond acceptors (Lipinski definition) is 2. The molecule has 0 saturated heterocycles. The molecule has 0 aliphatic heterocycles. The fourth-order valence-corrected chi connectivity index (χ4v) is 2.83. The van der Waals surface area contributed by atoms with Crippen molar-refractivity contribution in [2.75, 3.05) is 0 Å². The molecule has 0 aliphatic rings. The SMILES string of the molecule is Fc1cc(F)cc(C[C@H](NCl)c2nc(Br)ccc2Br)c1. The number of nitrogens with one attached hydrogen (secondary N) is 1. The minimum atomic E-state index is -0.616. The van der Waals surface area contributed by atoms with Crippen LogP contribution in [-0.2, 0) is 6.42 Å². The Bertz CT molecular complexity index is 605. The van der Waals surface area contributed by atoms with Gasteiger partial charge in [-0.15, -0.1) is 0 Å². The molecule has 0 amide bonds. The summed E-state index contributed by atoms with van der Waals surface area (Å²) in [5.41, 5.74) is 1.15. The largest absolute Gasteiger partial charge is 0.243 e. The van der Waals surface area contributed by atoms with E-state index < -0.39 is 11.6 Å². The molecule has 1 N–H and O–H groups in total. The molecule has 0 bridgehead atoms. The molecule has 0 spiro atoms. The summed E-state index contributed by atoms with van der Waals surface area (Å²) in [5.74, 6) is -1.23. The number of nitrogens with zero attached hydrogens (tertiary/aromatic N) is 1. The topological polar surface area (TPSA) is 24.9 Å². The molecule has 106 valence electrons. The van der Waals surface area contributed by atoms with E-state index in [9.17, 15) is 8.78 Å². The second kappa shape index (κ2) is 6.93. The summed E-state index contributed by atoms with van der Waals surface area (Å²) >= 11 is 12.4. The fraction of sp³-hybridized carbons (Fsp3) is 0.154. The Hall–Kier alpha value is -0.560. The molecule has 0 aliphatic carbocycles. The van der Waals surface area contributed by atoms with E-state index >= 15 is 0 Å². The average Bonchev–Trinajstić information content (AvgIpc) is 2.38. The highest BCUT2D eigenvalue weighted by Gasteiger charge is 2.17. The zero-order valence-corrected chi connectivity index (χ0v) is 13.9. The Kier molecular flexibility index (Phi) is 5.49. The first kappa shape index (κ1) is 15.8. The first-order chi connectivity index (χ1) is 9.49. The van der Waals surface area contributed by atoms with Gasteiger partial charge in [0.25, 0.3) is 0 Å². The van der Waals surface area contributed by atoms with Crippen LogP contribution >= 0.6 is 43.6 Å². The lowest BCUT2D eigenvalue weighted by Gasteiger charge is -2.16. The highest BCUT2D eigenvalue weighted by Crippen LogP contribution is 2.27. The Labute approximate surface area is 136 Å². The van der Waals surface area contributed by atoms with Gasteiger partial charge in [-0.2, -0.15) is 0 Å². The third-order valence-corrected chi connectivity index (χ3v) is 4.04. The fourth-order valence-electron chi connectivity index (χ4n) is 1.83. The van der Waals surface area contributed by atoms with Crippen LogP contribution < -0.4 is 4.84 Å². The monoisotopic (exact) mass is 424 g/mol. The van der Waals surface area contributed by atoms with Crippen molar-refractivity contribution >= 4 is 43.6 Å². The predicted octanol–water partition coefficient (Wildman–Crippen LogP) is 4.91. The maximum absolute atomic E-state index is 13.2. The summed E-state index contributed by atoms with van der Waals surface area (Å²) in [4.78, 5) is 6.91. The van der Waals surface area contributed by atoms with E-state index in [0.717, 1.165) is 10.5 Å².